The van der Waals surface area contributed by atoms with Crippen LogP contribution in [-0.2, 0) is 6.42 Å². The highest BCUT2D eigenvalue weighted by atomic mass is 32.1. The molecule has 2 heterocycles. The predicted molar refractivity (Wildman–Crippen MR) is 73.9 cm³/mol. The molecule has 3 rings (SSSR count). The average Bonchev–Trinajstić information content (AvgIpc) is 3.03. The van der Waals surface area contributed by atoms with E-state index in [2.05, 4.69) is 0 Å². The van der Waals surface area contributed by atoms with Crippen molar-refractivity contribution in [3.8, 4) is 0 Å². The normalized spacial score (nSPS) is 13.0. The summed E-state index contributed by atoms with van der Waals surface area (Å²) in [6.45, 7) is 2.05. The first-order valence-corrected chi connectivity index (χ1v) is 7.00. The molecule has 0 fully saturated rings. The Morgan fingerprint density at radius 1 is 1.32 bits per heavy atom. The van der Waals surface area contributed by atoms with Gasteiger partial charge in [-0.15, -0.1) is 11.3 Å². The zero-order valence-corrected chi connectivity index (χ0v) is 11.2. The second-order valence-corrected chi connectivity index (χ2v) is 5.34. The molecule has 0 saturated heterocycles. The van der Waals surface area contributed by atoms with Crippen molar-refractivity contribution in [2.45, 2.75) is 19.4 Å². The molecule has 3 aromatic rings. The monoisotopic (exact) mass is 276 g/mol. The van der Waals surface area contributed by atoms with Crippen molar-refractivity contribution in [2.24, 2.45) is 0 Å². The Balaban J connectivity index is 2.04. The molecule has 4 heteroatoms. The average molecular weight is 276 g/mol. The van der Waals surface area contributed by atoms with Gasteiger partial charge >= 0.3 is 0 Å². The molecule has 0 aliphatic rings. The van der Waals surface area contributed by atoms with Crippen LogP contribution in [0, 0.1) is 5.82 Å². The number of thiophene rings is 1. The van der Waals surface area contributed by atoms with Gasteiger partial charge in [0.05, 0.1) is 0 Å². The largest absolute Gasteiger partial charge is 0.458 e. The van der Waals surface area contributed by atoms with E-state index < -0.39 is 6.10 Å². The van der Waals surface area contributed by atoms with Crippen molar-refractivity contribution in [3.05, 3.63) is 57.7 Å². The van der Waals surface area contributed by atoms with Crippen molar-refractivity contribution in [3.63, 3.8) is 0 Å². The first-order valence-electron chi connectivity index (χ1n) is 6.12. The van der Waals surface area contributed by atoms with Crippen LogP contribution in [0.4, 0.5) is 4.39 Å². The molecule has 2 aromatic heterocycles. The van der Waals surface area contributed by atoms with E-state index in [-0.39, 0.29) is 5.82 Å². The summed E-state index contributed by atoms with van der Waals surface area (Å²) in [5.41, 5.74) is 1.70. The van der Waals surface area contributed by atoms with Crippen molar-refractivity contribution in [1.82, 2.24) is 0 Å². The van der Waals surface area contributed by atoms with Crippen LogP contribution in [0.1, 0.15) is 29.2 Å². The van der Waals surface area contributed by atoms with Crippen molar-refractivity contribution in [2.75, 3.05) is 0 Å². The molecule has 0 aliphatic carbocycles. The molecule has 98 valence electrons. The Bertz CT molecular complexity index is 714. The fraction of sp³-hybridized carbons (Fsp3) is 0.200. The summed E-state index contributed by atoms with van der Waals surface area (Å²) in [5, 5.41) is 13.0. The number of furan rings is 1. The smallest absolute Gasteiger partial charge is 0.146 e. The van der Waals surface area contributed by atoms with Crippen LogP contribution >= 0.6 is 11.3 Å². The number of halogens is 1. The van der Waals surface area contributed by atoms with Gasteiger partial charge in [0, 0.05) is 10.3 Å². The standard InChI is InChI=1S/C15H13FO2S/c1-2-9-5-6-19-15(9)14(17)13-8-10-7-11(16)3-4-12(10)18-13/h3-8,14,17H,2H2,1H3. The van der Waals surface area contributed by atoms with Crippen molar-refractivity contribution in [1.29, 1.82) is 0 Å². The first-order chi connectivity index (χ1) is 9.19. The van der Waals surface area contributed by atoms with Crippen molar-refractivity contribution >= 4 is 22.3 Å². The quantitative estimate of drug-likeness (QED) is 0.774. The highest BCUT2D eigenvalue weighted by Crippen LogP contribution is 2.33. The molecule has 0 aliphatic heterocycles. The molecule has 2 nitrogen and oxygen atoms in total. The molecule has 1 aromatic carbocycles. The molecule has 0 saturated carbocycles. The van der Waals surface area contributed by atoms with E-state index in [1.54, 1.807) is 12.1 Å². The van der Waals surface area contributed by atoms with Gasteiger partial charge in [0.2, 0.25) is 0 Å². The minimum atomic E-state index is -0.787. The Kier molecular flexibility index (Phi) is 3.12. The van der Waals surface area contributed by atoms with Gasteiger partial charge in [0.15, 0.2) is 0 Å². The lowest BCUT2D eigenvalue weighted by molar-refractivity contribution is 0.195. The molecular formula is C15H13FO2S. The minimum Gasteiger partial charge on any atom is -0.458 e. The van der Waals surface area contributed by atoms with Crippen LogP contribution in [-0.4, -0.2) is 5.11 Å². The van der Waals surface area contributed by atoms with E-state index in [4.69, 9.17) is 4.42 Å². The van der Waals surface area contributed by atoms with Crippen molar-refractivity contribution < 1.29 is 13.9 Å². The van der Waals surface area contributed by atoms with Gasteiger partial charge < -0.3 is 9.52 Å². The van der Waals surface area contributed by atoms with Crippen LogP contribution in [0.2, 0.25) is 0 Å². The van der Waals surface area contributed by atoms with Crippen LogP contribution in [0.5, 0.6) is 0 Å². The van der Waals surface area contributed by atoms with E-state index in [1.165, 1.54) is 23.5 Å². The lowest BCUT2D eigenvalue weighted by Gasteiger charge is -2.07. The topological polar surface area (TPSA) is 33.4 Å². The molecule has 19 heavy (non-hydrogen) atoms. The summed E-state index contributed by atoms with van der Waals surface area (Å²) < 4.78 is 18.7. The maximum Gasteiger partial charge on any atom is 0.146 e. The molecular weight excluding hydrogens is 263 g/mol. The Morgan fingerprint density at radius 2 is 2.16 bits per heavy atom. The summed E-state index contributed by atoms with van der Waals surface area (Å²) in [6.07, 6.45) is 0.0792. The molecule has 1 N–H and O–H groups in total. The van der Waals surface area contributed by atoms with Crippen LogP contribution in [0.3, 0.4) is 0 Å². The zero-order chi connectivity index (χ0) is 13.4. The van der Waals surface area contributed by atoms with Gasteiger partial charge in [-0.25, -0.2) is 4.39 Å². The summed E-state index contributed by atoms with van der Waals surface area (Å²) >= 11 is 1.51. The number of rotatable bonds is 3. The highest BCUT2D eigenvalue weighted by molar-refractivity contribution is 7.10. The number of aliphatic hydroxyl groups is 1. The van der Waals surface area contributed by atoms with Crippen LogP contribution < -0.4 is 0 Å². The third-order valence-electron chi connectivity index (χ3n) is 3.18. The Morgan fingerprint density at radius 3 is 2.95 bits per heavy atom. The zero-order valence-electron chi connectivity index (χ0n) is 10.4. The fourth-order valence-corrected chi connectivity index (χ4v) is 3.17. The summed E-state index contributed by atoms with van der Waals surface area (Å²) in [7, 11) is 0. The van der Waals surface area contributed by atoms with Crippen LogP contribution in [0.15, 0.2) is 40.1 Å². The van der Waals surface area contributed by atoms with E-state index in [9.17, 15) is 9.50 Å². The van der Waals surface area contributed by atoms with Crippen LogP contribution in [0.25, 0.3) is 11.0 Å². The van der Waals surface area contributed by atoms with E-state index >= 15 is 0 Å². The molecule has 0 radical (unpaired) electrons. The van der Waals surface area contributed by atoms with Gasteiger partial charge in [-0.2, -0.15) is 0 Å². The van der Waals surface area contributed by atoms with E-state index in [0.29, 0.717) is 16.7 Å². The van der Waals surface area contributed by atoms with Gasteiger partial charge in [-0.1, -0.05) is 6.92 Å². The summed E-state index contributed by atoms with van der Waals surface area (Å²) in [6, 6.07) is 8.04. The number of aryl methyl sites for hydroxylation is 1. The second-order valence-electron chi connectivity index (χ2n) is 4.40. The van der Waals surface area contributed by atoms with Gasteiger partial charge in [-0.3, -0.25) is 0 Å². The minimum absolute atomic E-state index is 0.306. The summed E-state index contributed by atoms with van der Waals surface area (Å²) in [5.74, 6) is 0.150. The number of benzene rings is 1. The third-order valence-corrected chi connectivity index (χ3v) is 4.19. The lowest BCUT2D eigenvalue weighted by Crippen LogP contribution is -1.98. The molecule has 1 atom stereocenters. The number of aliphatic hydroxyl groups excluding tert-OH is 1. The molecule has 0 spiro atoms. The highest BCUT2D eigenvalue weighted by Gasteiger charge is 2.19. The Hall–Kier alpha value is -1.65. The lowest BCUT2D eigenvalue weighted by atomic mass is 10.1. The number of fused-ring (bicyclic) bond motifs is 1. The third kappa shape index (κ3) is 2.17. The molecule has 0 amide bonds. The van der Waals surface area contributed by atoms with E-state index in [1.807, 2.05) is 18.4 Å². The SMILES string of the molecule is CCc1ccsc1C(O)c1cc2cc(F)ccc2o1. The van der Waals surface area contributed by atoms with Gasteiger partial charge in [0.25, 0.3) is 0 Å². The number of hydrogen-bond acceptors (Lipinski definition) is 3. The Labute approximate surface area is 114 Å². The first kappa shape index (κ1) is 12.4. The fourth-order valence-electron chi connectivity index (χ4n) is 2.18. The maximum absolute atomic E-state index is 13.1. The van der Waals surface area contributed by atoms with E-state index in [0.717, 1.165) is 16.9 Å². The second kappa shape index (κ2) is 4.79. The summed E-state index contributed by atoms with van der Waals surface area (Å²) in [4.78, 5) is 0.891. The maximum atomic E-state index is 13.1. The van der Waals surface area contributed by atoms with Gasteiger partial charge in [0.1, 0.15) is 23.3 Å². The molecule has 1 unspecified atom stereocenters. The predicted octanol–water partition coefficient (Wildman–Crippen LogP) is 4.28. The molecule has 0 bridgehead atoms. The number of hydrogen-bond donors (Lipinski definition) is 1. The van der Waals surface area contributed by atoms with Gasteiger partial charge in [-0.05, 0) is 47.7 Å².